The molecule has 2 rings (SSSR count). The van der Waals surface area contributed by atoms with E-state index in [2.05, 4.69) is 4.98 Å². The van der Waals surface area contributed by atoms with Crippen molar-refractivity contribution < 1.29 is 14.6 Å². The fourth-order valence-electron chi connectivity index (χ4n) is 1.62. The number of hydrogen-bond donors (Lipinski definition) is 1. The van der Waals surface area contributed by atoms with Crippen molar-refractivity contribution >= 4 is 10.9 Å². The van der Waals surface area contributed by atoms with Gasteiger partial charge in [0.05, 0.1) is 6.61 Å². The number of pyridine rings is 1. The fourth-order valence-corrected chi connectivity index (χ4v) is 1.62. The van der Waals surface area contributed by atoms with Crippen LogP contribution < -0.4 is 4.74 Å². The molecule has 1 aromatic heterocycles. The maximum absolute atomic E-state index is 9.51. The fraction of sp³-hybridized carbons (Fsp3) is 0.308. The van der Waals surface area contributed by atoms with E-state index in [9.17, 15) is 5.11 Å². The second kappa shape index (κ2) is 5.61. The van der Waals surface area contributed by atoms with Crippen molar-refractivity contribution in [1.82, 2.24) is 4.98 Å². The van der Waals surface area contributed by atoms with Crippen molar-refractivity contribution in [3.8, 4) is 5.75 Å². The third-order valence-corrected chi connectivity index (χ3v) is 2.39. The largest absolute Gasteiger partial charge is 0.489 e. The van der Waals surface area contributed by atoms with Crippen molar-refractivity contribution in [3.05, 3.63) is 36.5 Å². The Morgan fingerprint density at radius 2 is 2.06 bits per heavy atom. The predicted octanol–water partition coefficient (Wildman–Crippen LogP) is 1.62. The van der Waals surface area contributed by atoms with Gasteiger partial charge in [-0.3, -0.25) is 4.98 Å². The summed E-state index contributed by atoms with van der Waals surface area (Å²) in [6.45, 7) is 0.460. The highest BCUT2D eigenvalue weighted by Crippen LogP contribution is 2.22. The zero-order valence-corrected chi connectivity index (χ0v) is 9.67. The Bertz CT molecular complexity index is 482. The van der Waals surface area contributed by atoms with Crippen LogP contribution in [0.15, 0.2) is 36.5 Å². The van der Waals surface area contributed by atoms with E-state index in [1.807, 2.05) is 30.3 Å². The van der Waals surface area contributed by atoms with Gasteiger partial charge in [-0.05, 0) is 12.1 Å². The number of ether oxygens (including phenoxy) is 2. The molecule has 17 heavy (non-hydrogen) atoms. The molecule has 4 nitrogen and oxygen atoms in total. The number of hydrogen-bond acceptors (Lipinski definition) is 4. The maximum Gasteiger partial charge on any atom is 0.145 e. The number of nitrogens with zero attached hydrogens (tertiary/aromatic N) is 1. The minimum absolute atomic E-state index is 0.198. The first-order valence-corrected chi connectivity index (χ1v) is 5.45. The van der Waals surface area contributed by atoms with Crippen molar-refractivity contribution in [2.75, 3.05) is 20.3 Å². The second-order valence-electron chi connectivity index (χ2n) is 3.75. The number of para-hydroxylation sites is 1. The van der Waals surface area contributed by atoms with Crippen LogP contribution in [0, 0.1) is 0 Å². The number of fused-ring (bicyclic) bond motifs is 1. The molecule has 1 aromatic carbocycles. The van der Waals surface area contributed by atoms with Crippen LogP contribution in [0.3, 0.4) is 0 Å². The standard InChI is InChI=1S/C13H15NO3/c1-16-8-11(15)9-17-12-6-2-4-10-5-3-7-14-13(10)12/h2-7,11,15H,8-9H2,1H3. The average molecular weight is 233 g/mol. The summed E-state index contributed by atoms with van der Waals surface area (Å²) in [5, 5.41) is 10.5. The lowest BCUT2D eigenvalue weighted by atomic mass is 10.2. The summed E-state index contributed by atoms with van der Waals surface area (Å²) < 4.78 is 10.4. The van der Waals surface area contributed by atoms with Crippen LogP contribution in [0.1, 0.15) is 0 Å². The summed E-state index contributed by atoms with van der Waals surface area (Å²) in [5.41, 5.74) is 0.805. The molecule has 1 heterocycles. The molecule has 2 aromatic rings. The van der Waals surface area contributed by atoms with Crippen LogP contribution in [0.5, 0.6) is 5.75 Å². The van der Waals surface area contributed by atoms with Gasteiger partial charge < -0.3 is 14.6 Å². The molecule has 0 spiro atoms. The van der Waals surface area contributed by atoms with Gasteiger partial charge in [0.25, 0.3) is 0 Å². The normalized spacial score (nSPS) is 12.6. The van der Waals surface area contributed by atoms with Gasteiger partial charge in [0, 0.05) is 18.7 Å². The van der Waals surface area contributed by atoms with Gasteiger partial charge in [-0.1, -0.05) is 18.2 Å². The molecule has 1 atom stereocenters. The zero-order chi connectivity index (χ0) is 12.1. The van der Waals surface area contributed by atoms with E-state index in [-0.39, 0.29) is 13.2 Å². The molecule has 0 aliphatic rings. The molecule has 0 amide bonds. The highest BCUT2D eigenvalue weighted by Gasteiger charge is 2.07. The van der Waals surface area contributed by atoms with Gasteiger partial charge in [-0.15, -0.1) is 0 Å². The van der Waals surface area contributed by atoms with Crippen molar-refractivity contribution in [1.29, 1.82) is 0 Å². The van der Waals surface area contributed by atoms with Crippen molar-refractivity contribution in [2.24, 2.45) is 0 Å². The first kappa shape index (κ1) is 11.8. The number of rotatable bonds is 5. The van der Waals surface area contributed by atoms with Crippen LogP contribution in [0.25, 0.3) is 10.9 Å². The summed E-state index contributed by atoms with van der Waals surface area (Å²) in [6, 6.07) is 9.57. The Morgan fingerprint density at radius 3 is 2.88 bits per heavy atom. The van der Waals surface area contributed by atoms with E-state index in [0.29, 0.717) is 5.75 Å². The quantitative estimate of drug-likeness (QED) is 0.852. The summed E-state index contributed by atoms with van der Waals surface area (Å²) in [6.07, 6.45) is 1.10. The topological polar surface area (TPSA) is 51.6 Å². The van der Waals surface area contributed by atoms with E-state index in [4.69, 9.17) is 9.47 Å². The summed E-state index contributed by atoms with van der Waals surface area (Å²) in [4.78, 5) is 4.27. The highest BCUT2D eigenvalue weighted by atomic mass is 16.5. The number of aliphatic hydroxyl groups excluding tert-OH is 1. The lowest BCUT2D eigenvalue weighted by molar-refractivity contribution is 0.0329. The number of aliphatic hydroxyl groups is 1. The predicted molar refractivity (Wildman–Crippen MR) is 65.1 cm³/mol. The molecule has 0 fully saturated rings. The Hall–Kier alpha value is -1.65. The molecule has 0 bridgehead atoms. The molecule has 1 N–H and O–H groups in total. The molecular formula is C13H15NO3. The van der Waals surface area contributed by atoms with Crippen molar-refractivity contribution in [3.63, 3.8) is 0 Å². The van der Waals surface area contributed by atoms with Gasteiger partial charge >= 0.3 is 0 Å². The van der Waals surface area contributed by atoms with Crippen LogP contribution in [-0.4, -0.2) is 36.5 Å². The highest BCUT2D eigenvalue weighted by molar-refractivity contribution is 5.84. The molecule has 1 unspecified atom stereocenters. The lowest BCUT2D eigenvalue weighted by Gasteiger charge is -2.12. The van der Waals surface area contributed by atoms with Gasteiger partial charge in [-0.2, -0.15) is 0 Å². The van der Waals surface area contributed by atoms with Gasteiger partial charge in [0.15, 0.2) is 0 Å². The average Bonchev–Trinajstić information content (AvgIpc) is 2.36. The monoisotopic (exact) mass is 233 g/mol. The van der Waals surface area contributed by atoms with Gasteiger partial charge in [0.2, 0.25) is 0 Å². The Kier molecular flexibility index (Phi) is 3.90. The second-order valence-corrected chi connectivity index (χ2v) is 3.75. The molecular weight excluding hydrogens is 218 g/mol. The molecule has 0 radical (unpaired) electrons. The van der Waals surface area contributed by atoms with E-state index in [1.165, 1.54) is 0 Å². The van der Waals surface area contributed by atoms with Gasteiger partial charge in [-0.25, -0.2) is 0 Å². The Balaban J connectivity index is 2.13. The first-order chi connectivity index (χ1) is 8.31. The lowest BCUT2D eigenvalue weighted by Crippen LogP contribution is -2.22. The Morgan fingerprint density at radius 1 is 1.24 bits per heavy atom. The van der Waals surface area contributed by atoms with Crippen LogP contribution in [-0.2, 0) is 4.74 Å². The molecule has 0 aliphatic carbocycles. The van der Waals surface area contributed by atoms with E-state index < -0.39 is 6.10 Å². The molecule has 0 saturated carbocycles. The van der Waals surface area contributed by atoms with Crippen LogP contribution in [0.4, 0.5) is 0 Å². The third kappa shape index (κ3) is 2.93. The van der Waals surface area contributed by atoms with Crippen molar-refractivity contribution in [2.45, 2.75) is 6.10 Å². The Labute approximate surface area is 99.8 Å². The van der Waals surface area contributed by atoms with Gasteiger partial charge in [0.1, 0.15) is 24.0 Å². The minimum Gasteiger partial charge on any atom is -0.489 e. The molecule has 90 valence electrons. The number of methoxy groups -OCH3 is 1. The van der Waals surface area contributed by atoms with E-state index in [1.54, 1.807) is 13.3 Å². The smallest absolute Gasteiger partial charge is 0.145 e. The summed E-state index contributed by atoms with van der Waals surface area (Å²) >= 11 is 0. The van der Waals surface area contributed by atoms with E-state index >= 15 is 0 Å². The van der Waals surface area contributed by atoms with Crippen LogP contribution >= 0.6 is 0 Å². The first-order valence-electron chi connectivity index (χ1n) is 5.45. The number of benzene rings is 1. The SMILES string of the molecule is COCC(O)COc1cccc2cccnc12. The minimum atomic E-state index is -0.626. The molecule has 0 aliphatic heterocycles. The third-order valence-electron chi connectivity index (χ3n) is 2.39. The summed E-state index contributed by atoms with van der Waals surface area (Å²) in [7, 11) is 1.54. The molecule has 0 saturated heterocycles. The van der Waals surface area contributed by atoms with E-state index in [0.717, 1.165) is 10.9 Å². The van der Waals surface area contributed by atoms with Crippen LogP contribution in [0.2, 0.25) is 0 Å². The summed E-state index contributed by atoms with van der Waals surface area (Å²) in [5.74, 6) is 0.679. The molecule has 4 heteroatoms. The zero-order valence-electron chi connectivity index (χ0n) is 9.67. The maximum atomic E-state index is 9.51. The number of aromatic nitrogens is 1.